The number of piperidine rings is 3. The molecule has 1 atom stereocenters. The maximum Gasteiger partial charge on any atom is 0.283 e. The van der Waals surface area contributed by atoms with Crippen molar-refractivity contribution in [1.82, 2.24) is 29.1 Å². The van der Waals surface area contributed by atoms with Gasteiger partial charge in [0.05, 0.1) is 27.0 Å². The van der Waals surface area contributed by atoms with Crippen LogP contribution < -0.4 is 15.8 Å². The van der Waals surface area contributed by atoms with E-state index in [2.05, 4.69) is 59.4 Å². The fourth-order valence-corrected chi connectivity index (χ4v) is 10.5. The number of carbonyl (C=O) groups excluding carboxylic acids is 3. The number of rotatable bonds is 5. The summed E-state index contributed by atoms with van der Waals surface area (Å²) in [5.41, 5.74) is 6.88. The number of likely N-dealkylation sites (tertiary alicyclic amines) is 1. The minimum Gasteiger partial charge on any atom is -0.371 e. The molecule has 2 aromatic heterocycles. The first-order valence-electron chi connectivity index (χ1n) is 19.7. The molecule has 5 aliphatic rings. The van der Waals surface area contributed by atoms with E-state index in [0.717, 1.165) is 86.8 Å². The number of benzene rings is 3. The summed E-state index contributed by atoms with van der Waals surface area (Å²) in [7, 11) is 0. The molecule has 12 heteroatoms. The summed E-state index contributed by atoms with van der Waals surface area (Å²) < 4.78 is 4.46. The third kappa shape index (κ3) is 5.53. The Morgan fingerprint density at radius 2 is 1.56 bits per heavy atom. The summed E-state index contributed by atoms with van der Waals surface area (Å²) in [6.45, 7) is 4.54. The molecule has 10 rings (SSSR count). The molecule has 4 fully saturated rings. The normalized spacial score (nSPS) is 22.3. The Hall–Kier alpha value is -4.74. The van der Waals surface area contributed by atoms with Crippen molar-refractivity contribution in [2.75, 3.05) is 31.1 Å². The first-order valence-corrected chi connectivity index (χ1v) is 20.1. The molecule has 3 aromatic carbocycles. The Bertz CT molecular complexity index is 2420. The first-order chi connectivity index (χ1) is 26.3. The summed E-state index contributed by atoms with van der Waals surface area (Å²) in [5, 5.41) is 3.30. The monoisotopic (exact) mass is 745 g/mol. The van der Waals surface area contributed by atoms with Gasteiger partial charge in [-0.3, -0.25) is 28.9 Å². The van der Waals surface area contributed by atoms with Gasteiger partial charge in [-0.05, 0) is 111 Å². The van der Waals surface area contributed by atoms with Crippen molar-refractivity contribution in [2.45, 2.75) is 94.8 Å². The number of halogens is 1. The molecular weight excluding hydrogens is 702 g/mol. The van der Waals surface area contributed by atoms with Gasteiger partial charge in [-0.25, -0.2) is 0 Å². The Balaban J connectivity index is 0.821. The molecule has 0 radical (unpaired) electrons. The molecule has 1 unspecified atom stereocenters. The number of hydrogen-bond donors (Lipinski definition) is 1. The van der Waals surface area contributed by atoms with E-state index < -0.39 is 6.04 Å². The summed E-state index contributed by atoms with van der Waals surface area (Å²) in [6, 6.07) is 18.9. The smallest absolute Gasteiger partial charge is 0.283 e. The molecule has 1 aliphatic carbocycles. The van der Waals surface area contributed by atoms with Crippen LogP contribution in [0.1, 0.15) is 97.7 Å². The molecule has 278 valence electrons. The molecule has 6 heterocycles. The third-order valence-electron chi connectivity index (χ3n) is 13.1. The van der Waals surface area contributed by atoms with E-state index in [1.165, 1.54) is 24.1 Å². The van der Waals surface area contributed by atoms with Crippen LogP contribution in [0.3, 0.4) is 0 Å². The van der Waals surface area contributed by atoms with E-state index in [-0.39, 0.29) is 29.7 Å². The van der Waals surface area contributed by atoms with Crippen LogP contribution in [0, 0.1) is 0 Å². The number of carbonyl (C=O) groups is 3. The molecule has 1 saturated carbocycles. The van der Waals surface area contributed by atoms with E-state index in [9.17, 15) is 19.2 Å². The van der Waals surface area contributed by atoms with Crippen molar-refractivity contribution in [3.63, 3.8) is 0 Å². The van der Waals surface area contributed by atoms with E-state index in [0.29, 0.717) is 52.7 Å². The number of amides is 3. The van der Waals surface area contributed by atoms with Crippen molar-refractivity contribution >= 4 is 62.7 Å². The van der Waals surface area contributed by atoms with Crippen LogP contribution in [0.2, 0.25) is 5.02 Å². The number of nitrogens with one attached hydrogen (secondary N) is 1. The lowest BCUT2D eigenvalue weighted by molar-refractivity contribution is -0.136. The Morgan fingerprint density at radius 3 is 2.33 bits per heavy atom. The highest BCUT2D eigenvalue weighted by atomic mass is 35.5. The standard InChI is InChI=1S/C42H44ClN7O4/c43-32-6-3-7-34-38(32)40(53)45-42-49(29-4-1-2-5-29)36-23-30(9-11-33(36)50(34)42)47-20-16-28(17-21-47)46-18-14-25(15-19-46)26-8-10-31-27(22-26)24-48(41(31)54)35-12-13-37(51)44-39(35)52/h3,6-11,22-23,25,28-29,35H,1-2,4-5,12-21,24H2,(H,44,51,52). The van der Waals surface area contributed by atoms with Gasteiger partial charge in [-0.15, -0.1) is 0 Å². The fraction of sp³-hybridized carbons (Fsp3) is 0.452. The molecule has 5 aromatic rings. The fourth-order valence-electron chi connectivity index (χ4n) is 10.3. The van der Waals surface area contributed by atoms with Crippen molar-refractivity contribution in [3.8, 4) is 0 Å². The highest BCUT2D eigenvalue weighted by molar-refractivity contribution is 6.35. The molecule has 4 aliphatic heterocycles. The van der Waals surface area contributed by atoms with Crippen molar-refractivity contribution in [2.24, 2.45) is 0 Å². The summed E-state index contributed by atoms with van der Waals surface area (Å²) in [6.07, 6.45) is 9.59. The second-order valence-electron chi connectivity index (χ2n) is 16.0. The average molecular weight is 746 g/mol. The van der Waals surface area contributed by atoms with E-state index in [1.54, 1.807) is 11.0 Å². The largest absolute Gasteiger partial charge is 0.371 e. The van der Waals surface area contributed by atoms with Gasteiger partial charge in [0.2, 0.25) is 17.6 Å². The van der Waals surface area contributed by atoms with Crippen LogP contribution in [0.15, 0.2) is 59.4 Å². The lowest BCUT2D eigenvalue weighted by Crippen LogP contribution is -2.52. The van der Waals surface area contributed by atoms with Gasteiger partial charge in [0.15, 0.2) is 0 Å². The molecular formula is C42H44ClN7O4. The predicted octanol–water partition coefficient (Wildman–Crippen LogP) is 6.18. The third-order valence-corrected chi connectivity index (χ3v) is 13.4. The van der Waals surface area contributed by atoms with E-state index in [1.807, 2.05) is 18.2 Å². The zero-order valence-electron chi connectivity index (χ0n) is 30.3. The number of anilines is 1. The van der Waals surface area contributed by atoms with Crippen molar-refractivity contribution in [3.05, 3.63) is 86.7 Å². The summed E-state index contributed by atoms with van der Waals surface area (Å²) >= 11 is 6.53. The van der Waals surface area contributed by atoms with Gasteiger partial charge in [0, 0.05) is 49.4 Å². The Labute approximate surface area is 317 Å². The highest BCUT2D eigenvalue weighted by Gasteiger charge is 2.39. The number of aromatic nitrogens is 3. The number of nitrogens with zero attached hydrogens (tertiary/aromatic N) is 6. The predicted molar refractivity (Wildman–Crippen MR) is 208 cm³/mol. The van der Waals surface area contributed by atoms with Gasteiger partial charge < -0.3 is 19.3 Å². The zero-order valence-corrected chi connectivity index (χ0v) is 31.1. The van der Waals surface area contributed by atoms with Crippen LogP contribution in [0.25, 0.3) is 27.7 Å². The van der Waals surface area contributed by atoms with E-state index >= 15 is 0 Å². The molecule has 3 saturated heterocycles. The Morgan fingerprint density at radius 1 is 0.759 bits per heavy atom. The summed E-state index contributed by atoms with van der Waals surface area (Å²) in [4.78, 5) is 62.1. The summed E-state index contributed by atoms with van der Waals surface area (Å²) in [5.74, 6) is 0.402. The molecule has 0 bridgehead atoms. The van der Waals surface area contributed by atoms with Gasteiger partial charge in [0.1, 0.15) is 6.04 Å². The number of imidazole rings is 1. The lowest BCUT2D eigenvalue weighted by Gasteiger charge is -2.42. The number of fused-ring (bicyclic) bond motifs is 6. The minimum absolute atomic E-state index is 0.115. The minimum atomic E-state index is -0.586. The van der Waals surface area contributed by atoms with Gasteiger partial charge in [0.25, 0.3) is 11.5 Å². The molecule has 3 amide bonds. The van der Waals surface area contributed by atoms with Gasteiger partial charge >= 0.3 is 0 Å². The van der Waals surface area contributed by atoms with Crippen molar-refractivity contribution < 1.29 is 14.4 Å². The topological polar surface area (TPSA) is 112 Å². The van der Waals surface area contributed by atoms with Gasteiger partial charge in [-0.1, -0.05) is 42.6 Å². The number of hydrogen-bond acceptors (Lipinski definition) is 7. The average Bonchev–Trinajstić information content (AvgIpc) is 3.91. The van der Waals surface area contributed by atoms with Crippen molar-refractivity contribution in [1.29, 1.82) is 0 Å². The van der Waals surface area contributed by atoms with Crippen LogP contribution >= 0.6 is 11.6 Å². The molecule has 11 nitrogen and oxygen atoms in total. The number of imide groups is 1. The van der Waals surface area contributed by atoms with Crippen LogP contribution in [-0.2, 0) is 16.1 Å². The maximum atomic E-state index is 13.3. The molecule has 1 N–H and O–H groups in total. The first kappa shape index (κ1) is 33.8. The van der Waals surface area contributed by atoms with Crippen LogP contribution in [0.4, 0.5) is 5.69 Å². The zero-order chi connectivity index (χ0) is 36.7. The van der Waals surface area contributed by atoms with Gasteiger partial charge in [-0.2, -0.15) is 4.98 Å². The molecule has 54 heavy (non-hydrogen) atoms. The van der Waals surface area contributed by atoms with E-state index in [4.69, 9.17) is 11.6 Å². The Kier molecular flexibility index (Phi) is 8.28. The lowest BCUT2D eigenvalue weighted by atomic mass is 9.86. The van der Waals surface area contributed by atoms with Crippen LogP contribution in [0.5, 0.6) is 0 Å². The van der Waals surface area contributed by atoms with Crippen LogP contribution in [-0.4, -0.2) is 79.7 Å². The SMILES string of the molecule is O=C1CCC(N2Cc3cc(C4CCN(C5CCN(c6ccc7c(c6)n(C6CCCC6)c6nc(=O)c8c(Cl)cccc8n76)CC5)CC4)ccc3C2=O)C(=O)N1. The second-order valence-corrected chi connectivity index (χ2v) is 16.4. The maximum absolute atomic E-state index is 13.3. The quantitative estimate of drug-likeness (QED) is 0.214. The highest BCUT2D eigenvalue weighted by Crippen LogP contribution is 2.39. The molecule has 0 spiro atoms. The second kappa shape index (κ2) is 13.2.